The number of carbonyl (C=O) groups excluding carboxylic acids is 1. The van der Waals surface area contributed by atoms with E-state index in [-0.39, 0.29) is 5.56 Å². The fourth-order valence-electron chi connectivity index (χ4n) is 1.83. The van der Waals surface area contributed by atoms with Crippen molar-refractivity contribution in [3.63, 3.8) is 0 Å². The molecule has 20 heavy (non-hydrogen) atoms. The molecule has 0 saturated carbocycles. The summed E-state index contributed by atoms with van der Waals surface area (Å²) in [6.45, 7) is 0. The van der Waals surface area contributed by atoms with Crippen molar-refractivity contribution in [2.45, 2.75) is 0 Å². The fourth-order valence-corrected chi connectivity index (χ4v) is 1.83. The number of halogens is 2. The van der Waals surface area contributed by atoms with Gasteiger partial charge in [-0.25, -0.2) is 8.78 Å². The lowest BCUT2D eigenvalue weighted by Gasteiger charge is -2.06. The molecule has 1 heterocycles. The number of fused-ring (bicyclic) bond motifs is 1. The van der Waals surface area contributed by atoms with Gasteiger partial charge < -0.3 is 5.32 Å². The minimum atomic E-state index is -0.921. The van der Waals surface area contributed by atoms with Crippen molar-refractivity contribution in [1.29, 1.82) is 0 Å². The van der Waals surface area contributed by atoms with Gasteiger partial charge in [0, 0.05) is 6.07 Å². The minimum Gasteiger partial charge on any atom is -0.320 e. The van der Waals surface area contributed by atoms with Crippen LogP contribution in [-0.2, 0) is 0 Å². The molecule has 3 aromatic rings. The Kier molecular flexibility index (Phi) is 2.86. The molecule has 3 rings (SSSR count). The molecular weight excluding hydrogens is 266 g/mol. The van der Waals surface area contributed by atoms with Gasteiger partial charge in [0.05, 0.1) is 11.3 Å². The van der Waals surface area contributed by atoms with Crippen molar-refractivity contribution in [3.05, 3.63) is 53.6 Å². The zero-order valence-electron chi connectivity index (χ0n) is 10.0. The van der Waals surface area contributed by atoms with Crippen LogP contribution in [0.4, 0.5) is 14.5 Å². The number of rotatable bonds is 2. The van der Waals surface area contributed by atoms with Gasteiger partial charge in [-0.1, -0.05) is 6.07 Å². The third-order valence-corrected chi connectivity index (χ3v) is 2.77. The minimum absolute atomic E-state index is 0.244. The Labute approximate surface area is 111 Å². The summed E-state index contributed by atoms with van der Waals surface area (Å²) in [5.74, 6) is -2.34. The predicted octanol–water partition coefficient (Wildman–Crippen LogP) is 2.49. The van der Waals surface area contributed by atoms with Crippen molar-refractivity contribution in [2.75, 3.05) is 5.32 Å². The summed E-state index contributed by atoms with van der Waals surface area (Å²) < 4.78 is 26.3. The zero-order chi connectivity index (χ0) is 14.1. The molecular formula is C13H8F2N4O. The van der Waals surface area contributed by atoms with E-state index in [1.807, 2.05) is 0 Å². The smallest absolute Gasteiger partial charge is 0.258 e. The highest BCUT2D eigenvalue weighted by Crippen LogP contribution is 2.20. The van der Waals surface area contributed by atoms with Gasteiger partial charge in [0.2, 0.25) is 0 Å². The number of nitrogens with one attached hydrogen (secondary N) is 2. The van der Waals surface area contributed by atoms with Crippen LogP contribution in [-0.4, -0.2) is 21.3 Å². The summed E-state index contributed by atoms with van der Waals surface area (Å²) in [4.78, 5) is 12.0. The first kappa shape index (κ1) is 12.2. The third kappa shape index (κ3) is 2.09. The average Bonchev–Trinajstić information content (AvgIpc) is 2.87. The number of para-hydroxylation sites is 1. The highest BCUT2D eigenvalue weighted by molar-refractivity contribution is 6.07. The topological polar surface area (TPSA) is 70.7 Å². The quantitative estimate of drug-likeness (QED) is 0.754. The molecule has 2 aromatic carbocycles. The summed E-state index contributed by atoms with van der Waals surface area (Å²) in [6, 6.07) is 7.78. The number of anilines is 1. The van der Waals surface area contributed by atoms with E-state index in [0.717, 1.165) is 12.1 Å². The van der Waals surface area contributed by atoms with Crippen LogP contribution in [0, 0.1) is 11.6 Å². The lowest BCUT2D eigenvalue weighted by Crippen LogP contribution is -2.14. The van der Waals surface area contributed by atoms with E-state index in [0.29, 0.717) is 22.8 Å². The van der Waals surface area contributed by atoms with E-state index in [9.17, 15) is 13.6 Å². The van der Waals surface area contributed by atoms with Gasteiger partial charge in [-0.2, -0.15) is 15.4 Å². The summed E-state index contributed by atoms with van der Waals surface area (Å²) in [6.07, 6.45) is 0. The normalized spacial score (nSPS) is 10.7. The van der Waals surface area contributed by atoms with E-state index in [4.69, 9.17) is 0 Å². The average molecular weight is 274 g/mol. The van der Waals surface area contributed by atoms with E-state index in [2.05, 4.69) is 20.7 Å². The number of hydrogen-bond donors (Lipinski definition) is 2. The number of nitrogens with zero attached hydrogens (tertiary/aromatic N) is 2. The van der Waals surface area contributed by atoms with Crippen LogP contribution in [0.1, 0.15) is 10.4 Å². The lowest BCUT2D eigenvalue weighted by atomic mass is 10.2. The number of benzene rings is 2. The van der Waals surface area contributed by atoms with E-state index >= 15 is 0 Å². The van der Waals surface area contributed by atoms with Gasteiger partial charge in [-0.15, -0.1) is 0 Å². The van der Waals surface area contributed by atoms with E-state index in [1.54, 1.807) is 18.2 Å². The van der Waals surface area contributed by atoms with Crippen molar-refractivity contribution in [1.82, 2.24) is 15.4 Å². The first-order valence-corrected chi connectivity index (χ1v) is 5.71. The summed E-state index contributed by atoms with van der Waals surface area (Å²) >= 11 is 0. The molecule has 0 spiro atoms. The second kappa shape index (κ2) is 4.69. The van der Waals surface area contributed by atoms with Crippen molar-refractivity contribution in [3.8, 4) is 0 Å². The van der Waals surface area contributed by atoms with Crippen LogP contribution < -0.4 is 5.32 Å². The molecule has 0 fully saturated rings. The number of aromatic nitrogens is 3. The standard InChI is InChI=1S/C13H8F2N4O/c14-7-4-5-8(9(15)6-7)13(20)16-10-2-1-3-11-12(10)18-19-17-11/h1-6H,(H,16,20)(H,17,18,19). The number of H-pyrrole nitrogens is 1. The Hall–Kier alpha value is -2.83. The van der Waals surface area contributed by atoms with Gasteiger partial charge in [0.1, 0.15) is 22.7 Å². The molecule has 0 aliphatic carbocycles. The summed E-state index contributed by atoms with van der Waals surface area (Å²) in [5, 5.41) is 12.7. The molecule has 0 bridgehead atoms. The van der Waals surface area contributed by atoms with Crippen LogP contribution in [0.15, 0.2) is 36.4 Å². The van der Waals surface area contributed by atoms with Gasteiger partial charge >= 0.3 is 0 Å². The molecule has 1 aromatic heterocycles. The monoisotopic (exact) mass is 274 g/mol. The Bertz CT molecular complexity index is 800. The van der Waals surface area contributed by atoms with Crippen LogP contribution in [0.25, 0.3) is 11.0 Å². The Morgan fingerprint density at radius 1 is 1.15 bits per heavy atom. The van der Waals surface area contributed by atoms with Crippen LogP contribution in [0.2, 0.25) is 0 Å². The third-order valence-electron chi connectivity index (χ3n) is 2.77. The zero-order valence-corrected chi connectivity index (χ0v) is 10.0. The number of carbonyl (C=O) groups is 1. The molecule has 0 unspecified atom stereocenters. The summed E-state index contributed by atoms with van der Waals surface area (Å²) in [7, 11) is 0. The SMILES string of the molecule is O=C(Nc1cccc2n[nH]nc12)c1ccc(F)cc1F. The molecule has 7 heteroatoms. The van der Waals surface area contributed by atoms with Crippen LogP contribution in [0.3, 0.4) is 0 Å². The predicted molar refractivity (Wildman–Crippen MR) is 68.2 cm³/mol. The molecule has 5 nitrogen and oxygen atoms in total. The van der Waals surface area contributed by atoms with Gasteiger partial charge in [0.25, 0.3) is 5.91 Å². The van der Waals surface area contributed by atoms with Crippen molar-refractivity contribution < 1.29 is 13.6 Å². The highest BCUT2D eigenvalue weighted by atomic mass is 19.1. The molecule has 0 radical (unpaired) electrons. The maximum atomic E-state index is 13.5. The molecule has 0 aliphatic heterocycles. The van der Waals surface area contributed by atoms with Gasteiger partial charge in [-0.05, 0) is 24.3 Å². The Morgan fingerprint density at radius 2 is 2.00 bits per heavy atom. The van der Waals surface area contributed by atoms with Crippen LogP contribution in [0.5, 0.6) is 0 Å². The van der Waals surface area contributed by atoms with Crippen molar-refractivity contribution in [2.24, 2.45) is 0 Å². The number of aromatic amines is 1. The maximum absolute atomic E-state index is 13.5. The second-order valence-electron chi connectivity index (χ2n) is 4.08. The molecule has 0 saturated heterocycles. The van der Waals surface area contributed by atoms with E-state index in [1.165, 1.54) is 0 Å². The first-order valence-electron chi connectivity index (χ1n) is 5.71. The van der Waals surface area contributed by atoms with Gasteiger partial charge in [-0.3, -0.25) is 4.79 Å². The van der Waals surface area contributed by atoms with E-state index < -0.39 is 17.5 Å². The Balaban J connectivity index is 1.94. The Morgan fingerprint density at radius 3 is 2.80 bits per heavy atom. The maximum Gasteiger partial charge on any atom is 0.258 e. The largest absolute Gasteiger partial charge is 0.320 e. The van der Waals surface area contributed by atoms with Crippen LogP contribution >= 0.6 is 0 Å². The molecule has 2 N–H and O–H groups in total. The second-order valence-corrected chi connectivity index (χ2v) is 4.08. The molecule has 1 amide bonds. The summed E-state index contributed by atoms with van der Waals surface area (Å²) in [5.41, 5.74) is 1.18. The number of hydrogen-bond acceptors (Lipinski definition) is 3. The first-order chi connectivity index (χ1) is 9.65. The number of amides is 1. The van der Waals surface area contributed by atoms with Gasteiger partial charge in [0.15, 0.2) is 0 Å². The fraction of sp³-hybridized carbons (Fsp3) is 0. The molecule has 0 atom stereocenters. The molecule has 100 valence electrons. The highest BCUT2D eigenvalue weighted by Gasteiger charge is 2.14. The van der Waals surface area contributed by atoms with Crippen molar-refractivity contribution >= 4 is 22.6 Å². The lowest BCUT2D eigenvalue weighted by molar-refractivity contribution is 0.102. The molecule has 0 aliphatic rings.